The molecule has 1 aliphatic rings. The van der Waals surface area contributed by atoms with E-state index in [1.807, 2.05) is 12.1 Å². The summed E-state index contributed by atoms with van der Waals surface area (Å²) in [6.45, 7) is 6.28. The SMILES string of the molecule is C=C(c1ccc(C(=O)OCC)cc1)C(N=[N+]=[N-])C1CCCCC1. The first-order chi connectivity index (χ1) is 11.2. The topological polar surface area (TPSA) is 75.1 Å². The quantitative estimate of drug-likeness (QED) is 0.316. The zero-order chi connectivity index (χ0) is 16.7. The third-order valence-corrected chi connectivity index (χ3v) is 4.40. The van der Waals surface area contributed by atoms with Crippen LogP contribution in [0.2, 0.25) is 0 Å². The first-order valence-electron chi connectivity index (χ1n) is 8.18. The molecular formula is C18H23N3O2. The Bertz CT molecular complexity index is 597. The number of hydrogen-bond acceptors (Lipinski definition) is 3. The molecule has 0 N–H and O–H groups in total. The van der Waals surface area contributed by atoms with Gasteiger partial charge in [-0.2, -0.15) is 0 Å². The summed E-state index contributed by atoms with van der Waals surface area (Å²) < 4.78 is 4.98. The van der Waals surface area contributed by atoms with Crippen LogP contribution in [0.25, 0.3) is 16.0 Å². The number of carbonyl (C=O) groups is 1. The van der Waals surface area contributed by atoms with E-state index in [2.05, 4.69) is 16.6 Å². The van der Waals surface area contributed by atoms with Crippen molar-refractivity contribution in [2.75, 3.05) is 6.61 Å². The van der Waals surface area contributed by atoms with Crippen molar-refractivity contribution in [1.29, 1.82) is 0 Å². The second kappa shape index (κ2) is 8.39. The first kappa shape index (κ1) is 17.1. The average Bonchev–Trinajstić information content (AvgIpc) is 2.60. The normalized spacial score (nSPS) is 16.2. The highest BCUT2D eigenvalue weighted by Gasteiger charge is 2.25. The molecule has 1 aliphatic carbocycles. The Morgan fingerprint density at radius 1 is 1.30 bits per heavy atom. The summed E-state index contributed by atoms with van der Waals surface area (Å²) in [4.78, 5) is 14.7. The van der Waals surface area contributed by atoms with Crippen LogP contribution >= 0.6 is 0 Å². The van der Waals surface area contributed by atoms with Gasteiger partial charge in [0, 0.05) is 4.91 Å². The second-order valence-corrected chi connectivity index (χ2v) is 5.87. The maximum Gasteiger partial charge on any atom is 0.338 e. The van der Waals surface area contributed by atoms with E-state index in [-0.39, 0.29) is 12.0 Å². The van der Waals surface area contributed by atoms with E-state index in [1.54, 1.807) is 19.1 Å². The first-order valence-corrected chi connectivity index (χ1v) is 8.18. The minimum atomic E-state index is -0.330. The van der Waals surface area contributed by atoms with Gasteiger partial charge in [-0.05, 0) is 54.5 Å². The fourth-order valence-corrected chi connectivity index (χ4v) is 3.16. The summed E-state index contributed by atoms with van der Waals surface area (Å²) in [5.41, 5.74) is 11.1. The largest absolute Gasteiger partial charge is 0.462 e. The highest BCUT2D eigenvalue weighted by molar-refractivity contribution is 5.89. The standard InChI is InChI=1S/C18H23N3O2/c1-3-23-18(22)16-11-9-14(10-12-16)13(2)17(20-21-19)15-7-5-4-6-8-15/h9-12,15,17H,2-8H2,1H3. The number of carbonyl (C=O) groups excluding carboxylic acids is 1. The van der Waals surface area contributed by atoms with Crippen molar-refractivity contribution in [2.45, 2.75) is 45.1 Å². The Hall–Kier alpha value is -2.26. The highest BCUT2D eigenvalue weighted by Crippen LogP contribution is 2.34. The van der Waals surface area contributed by atoms with Gasteiger partial charge >= 0.3 is 5.97 Å². The van der Waals surface area contributed by atoms with E-state index in [0.29, 0.717) is 18.1 Å². The molecular weight excluding hydrogens is 290 g/mol. The third kappa shape index (κ3) is 4.36. The fraction of sp³-hybridized carbons (Fsp3) is 0.500. The lowest BCUT2D eigenvalue weighted by atomic mass is 9.80. The zero-order valence-corrected chi connectivity index (χ0v) is 13.6. The van der Waals surface area contributed by atoms with Gasteiger partial charge in [0.1, 0.15) is 0 Å². The summed E-state index contributed by atoms with van der Waals surface area (Å²) in [7, 11) is 0. The number of hydrogen-bond donors (Lipinski definition) is 0. The van der Waals surface area contributed by atoms with Crippen molar-refractivity contribution in [1.82, 2.24) is 0 Å². The molecule has 0 spiro atoms. The lowest BCUT2D eigenvalue weighted by Crippen LogP contribution is -2.22. The van der Waals surface area contributed by atoms with E-state index < -0.39 is 0 Å². The van der Waals surface area contributed by atoms with Gasteiger partial charge in [-0.15, -0.1) is 0 Å². The lowest BCUT2D eigenvalue weighted by Gasteiger charge is -2.28. The Morgan fingerprint density at radius 3 is 2.48 bits per heavy atom. The Morgan fingerprint density at radius 2 is 1.91 bits per heavy atom. The van der Waals surface area contributed by atoms with Crippen molar-refractivity contribution >= 4 is 11.5 Å². The monoisotopic (exact) mass is 313 g/mol. The molecule has 1 saturated carbocycles. The predicted molar refractivity (Wildman–Crippen MR) is 90.9 cm³/mol. The van der Waals surface area contributed by atoms with Gasteiger partial charge in [0.15, 0.2) is 0 Å². The molecule has 1 aromatic rings. The minimum Gasteiger partial charge on any atom is -0.462 e. The number of nitrogens with zero attached hydrogens (tertiary/aromatic N) is 3. The number of rotatable bonds is 6. The molecule has 0 aromatic heterocycles. The molecule has 1 atom stereocenters. The molecule has 5 nitrogen and oxygen atoms in total. The van der Waals surface area contributed by atoms with Gasteiger partial charge in [-0.25, -0.2) is 4.79 Å². The van der Waals surface area contributed by atoms with Crippen LogP contribution in [-0.2, 0) is 4.74 Å². The summed E-state index contributed by atoms with van der Waals surface area (Å²) >= 11 is 0. The molecule has 122 valence electrons. The molecule has 23 heavy (non-hydrogen) atoms. The van der Waals surface area contributed by atoms with Crippen molar-refractivity contribution in [3.63, 3.8) is 0 Å². The molecule has 1 aromatic carbocycles. The molecule has 1 fully saturated rings. The van der Waals surface area contributed by atoms with Crippen molar-refractivity contribution in [2.24, 2.45) is 11.0 Å². The van der Waals surface area contributed by atoms with E-state index in [4.69, 9.17) is 10.3 Å². The molecule has 5 heteroatoms. The van der Waals surface area contributed by atoms with Gasteiger partial charge < -0.3 is 4.74 Å². The molecule has 0 amide bonds. The molecule has 1 unspecified atom stereocenters. The van der Waals surface area contributed by atoms with E-state index in [0.717, 1.165) is 24.0 Å². The number of benzene rings is 1. The van der Waals surface area contributed by atoms with E-state index >= 15 is 0 Å². The molecule has 0 radical (unpaired) electrons. The van der Waals surface area contributed by atoms with E-state index in [9.17, 15) is 4.79 Å². The fourth-order valence-electron chi connectivity index (χ4n) is 3.16. The third-order valence-electron chi connectivity index (χ3n) is 4.40. The molecule has 0 heterocycles. The maximum absolute atomic E-state index is 11.7. The maximum atomic E-state index is 11.7. The van der Waals surface area contributed by atoms with Crippen LogP contribution in [0.4, 0.5) is 0 Å². The molecule has 0 saturated heterocycles. The summed E-state index contributed by atoms with van der Waals surface area (Å²) in [6.07, 6.45) is 5.75. The van der Waals surface area contributed by atoms with Gasteiger partial charge in [-0.1, -0.05) is 43.1 Å². The Balaban J connectivity index is 2.16. The van der Waals surface area contributed by atoms with Crippen LogP contribution < -0.4 is 0 Å². The van der Waals surface area contributed by atoms with Gasteiger partial charge in [0.25, 0.3) is 0 Å². The summed E-state index contributed by atoms with van der Waals surface area (Å²) in [6, 6.07) is 6.93. The zero-order valence-electron chi connectivity index (χ0n) is 13.6. The predicted octanol–water partition coefficient (Wildman–Crippen LogP) is 5.14. The summed E-state index contributed by atoms with van der Waals surface area (Å²) in [5.74, 6) is 0.0282. The average molecular weight is 313 g/mol. The Labute approximate surface area is 137 Å². The van der Waals surface area contributed by atoms with Crippen LogP contribution in [0.5, 0.6) is 0 Å². The molecule has 0 bridgehead atoms. The van der Waals surface area contributed by atoms with Crippen molar-refractivity contribution in [3.8, 4) is 0 Å². The number of azide groups is 1. The second-order valence-electron chi connectivity index (χ2n) is 5.87. The summed E-state index contributed by atoms with van der Waals surface area (Å²) in [5, 5.41) is 4.00. The van der Waals surface area contributed by atoms with Crippen LogP contribution in [0.1, 0.15) is 54.9 Å². The van der Waals surface area contributed by atoms with Crippen LogP contribution in [0, 0.1) is 5.92 Å². The van der Waals surface area contributed by atoms with Gasteiger partial charge in [-0.3, -0.25) is 0 Å². The van der Waals surface area contributed by atoms with Crippen molar-refractivity contribution in [3.05, 3.63) is 52.4 Å². The van der Waals surface area contributed by atoms with Crippen LogP contribution in [0.3, 0.4) is 0 Å². The van der Waals surface area contributed by atoms with Crippen molar-refractivity contribution < 1.29 is 9.53 Å². The van der Waals surface area contributed by atoms with Crippen LogP contribution in [0.15, 0.2) is 36.0 Å². The van der Waals surface area contributed by atoms with Gasteiger partial charge in [0.05, 0.1) is 18.2 Å². The highest BCUT2D eigenvalue weighted by atomic mass is 16.5. The smallest absolute Gasteiger partial charge is 0.338 e. The number of ether oxygens (including phenoxy) is 1. The number of esters is 1. The molecule has 0 aliphatic heterocycles. The van der Waals surface area contributed by atoms with E-state index in [1.165, 1.54) is 19.3 Å². The van der Waals surface area contributed by atoms with Crippen LogP contribution in [-0.4, -0.2) is 18.6 Å². The lowest BCUT2D eigenvalue weighted by molar-refractivity contribution is 0.0526. The molecule has 2 rings (SSSR count). The van der Waals surface area contributed by atoms with Gasteiger partial charge in [0.2, 0.25) is 0 Å². The Kier molecular flexibility index (Phi) is 6.24. The minimum absolute atomic E-state index is 0.214.